The highest BCUT2D eigenvalue weighted by Gasteiger charge is 2.18. The first-order valence-electron chi connectivity index (χ1n) is 7.37. The van der Waals surface area contributed by atoms with Gasteiger partial charge in [-0.1, -0.05) is 40.0 Å². The van der Waals surface area contributed by atoms with Crippen LogP contribution in [0.4, 0.5) is 0 Å². The molecule has 1 unspecified atom stereocenters. The molecular formula is C17H18BrClOS. The van der Waals surface area contributed by atoms with Gasteiger partial charge in [-0.3, -0.25) is 0 Å². The van der Waals surface area contributed by atoms with Crippen LogP contribution in [0.5, 0.6) is 0 Å². The van der Waals surface area contributed by atoms with Crippen molar-refractivity contribution in [3.63, 3.8) is 0 Å². The van der Waals surface area contributed by atoms with E-state index in [1.54, 1.807) is 11.3 Å². The average Bonchev–Trinajstić information content (AvgIpc) is 2.73. The second-order valence-electron chi connectivity index (χ2n) is 5.61. The Morgan fingerprint density at radius 1 is 1.19 bits per heavy atom. The molecule has 1 atom stereocenters. The Labute approximate surface area is 143 Å². The van der Waals surface area contributed by atoms with Gasteiger partial charge >= 0.3 is 0 Å². The van der Waals surface area contributed by atoms with Gasteiger partial charge in [0.25, 0.3) is 0 Å². The summed E-state index contributed by atoms with van der Waals surface area (Å²) in [4.78, 5) is 2.56. The predicted molar refractivity (Wildman–Crippen MR) is 93.4 cm³/mol. The smallest absolute Gasteiger partial charge is 0.0922 e. The Balaban J connectivity index is 1.77. The van der Waals surface area contributed by atoms with Crippen molar-refractivity contribution in [2.24, 2.45) is 0 Å². The minimum atomic E-state index is -0.458. The third kappa shape index (κ3) is 3.70. The lowest BCUT2D eigenvalue weighted by atomic mass is 10.1. The molecule has 2 aromatic rings. The fraction of sp³-hybridized carbons (Fsp3) is 0.412. The van der Waals surface area contributed by atoms with Crippen molar-refractivity contribution in [1.29, 1.82) is 0 Å². The molecule has 0 radical (unpaired) electrons. The summed E-state index contributed by atoms with van der Waals surface area (Å²) in [5.41, 5.74) is 2.45. The summed E-state index contributed by atoms with van der Waals surface area (Å²) < 4.78 is 0.966. The molecule has 1 N–H and O–H groups in total. The Kier molecular flexibility index (Phi) is 5.05. The number of fused-ring (bicyclic) bond motifs is 1. The minimum absolute atomic E-state index is 0.458. The number of aliphatic hydroxyl groups excluding tert-OH is 1. The van der Waals surface area contributed by atoms with Crippen LogP contribution >= 0.6 is 38.9 Å². The second-order valence-corrected chi connectivity index (χ2v) is 8.10. The van der Waals surface area contributed by atoms with Crippen LogP contribution in [0.1, 0.15) is 46.2 Å². The summed E-state index contributed by atoms with van der Waals surface area (Å²) in [7, 11) is 0. The van der Waals surface area contributed by atoms with E-state index in [-0.39, 0.29) is 0 Å². The summed E-state index contributed by atoms with van der Waals surface area (Å²) in [6, 6.07) is 8.04. The second kappa shape index (κ2) is 6.82. The van der Waals surface area contributed by atoms with E-state index in [4.69, 9.17) is 11.6 Å². The van der Waals surface area contributed by atoms with Crippen LogP contribution in [0.3, 0.4) is 0 Å². The average molecular weight is 386 g/mol. The van der Waals surface area contributed by atoms with Gasteiger partial charge in [0.15, 0.2) is 0 Å². The van der Waals surface area contributed by atoms with Gasteiger partial charge in [0.1, 0.15) is 0 Å². The number of hydrogen-bond acceptors (Lipinski definition) is 2. The number of thiophene rings is 1. The highest BCUT2D eigenvalue weighted by molar-refractivity contribution is 9.10. The highest BCUT2D eigenvalue weighted by Crippen LogP contribution is 2.34. The van der Waals surface area contributed by atoms with Crippen LogP contribution in [-0.2, 0) is 19.3 Å². The first-order valence-corrected chi connectivity index (χ1v) is 9.35. The Bertz CT molecular complexity index is 614. The Morgan fingerprint density at radius 2 is 2.00 bits per heavy atom. The zero-order valence-corrected chi connectivity index (χ0v) is 14.9. The molecule has 4 heteroatoms. The quantitative estimate of drug-likeness (QED) is 0.671. The molecule has 1 heterocycles. The molecule has 0 amide bonds. The van der Waals surface area contributed by atoms with Gasteiger partial charge in [0, 0.05) is 25.7 Å². The van der Waals surface area contributed by atoms with E-state index in [1.807, 2.05) is 18.2 Å². The summed E-state index contributed by atoms with van der Waals surface area (Å²) in [6.07, 6.45) is 6.34. The molecule has 1 nitrogen and oxygen atoms in total. The van der Waals surface area contributed by atoms with E-state index in [0.717, 1.165) is 21.3 Å². The molecule has 21 heavy (non-hydrogen) atoms. The lowest BCUT2D eigenvalue weighted by Crippen LogP contribution is -2.00. The van der Waals surface area contributed by atoms with Crippen LogP contribution in [0.2, 0.25) is 5.02 Å². The Hall–Kier alpha value is -0.350. The van der Waals surface area contributed by atoms with Gasteiger partial charge < -0.3 is 5.11 Å². The van der Waals surface area contributed by atoms with Gasteiger partial charge in [-0.15, -0.1) is 11.3 Å². The van der Waals surface area contributed by atoms with Crippen molar-refractivity contribution in [3.05, 3.63) is 54.6 Å². The van der Waals surface area contributed by atoms with E-state index in [1.165, 1.54) is 36.1 Å². The Morgan fingerprint density at radius 3 is 2.81 bits per heavy atom. The maximum Gasteiger partial charge on any atom is 0.0922 e. The van der Waals surface area contributed by atoms with Crippen molar-refractivity contribution in [2.45, 2.75) is 44.6 Å². The fourth-order valence-electron chi connectivity index (χ4n) is 2.85. The normalized spacial score (nSPS) is 16.3. The molecule has 1 aromatic heterocycles. The first-order chi connectivity index (χ1) is 10.1. The van der Waals surface area contributed by atoms with Crippen LogP contribution in [0.15, 0.2) is 28.7 Å². The fourth-order valence-corrected chi connectivity index (χ4v) is 4.84. The molecule has 112 valence electrons. The number of rotatable bonds is 3. The van der Waals surface area contributed by atoms with E-state index in [9.17, 15) is 5.11 Å². The molecule has 1 aliphatic rings. The number of hydrogen-bond donors (Lipinski definition) is 1. The number of aryl methyl sites for hydroxylation is 2. The van der Waals surface area contributed by atoms with Gasteiger partial charge in [-0.2, -0.15) is 0 Å². The lowest BCUT2D eigenvalue weighted by Gasteiger charge is -2.10. The maximum absolute atomic E-state index is 10.5. The molecular weight excluding hydrogens is 368 g/mol. The molecule has 1 aliphatic carbocycles. The minimum Gasteiger partial charge on any atom is -0.387 e. The van der Waals surface area contributed by atoms with Gasteiger partial charge in [-0.25, -0.2) is 0 Å². The largest absolute Gasteiger partial charge is 0.387 e. The molecule has 0 saturated heterocycles. The molecule has 1 aromatic carbocycles. The summed E-state index contributed by atoms with van der Waals surface area (Å²) in [5, 5.41) is 11.2. The van der Waals surface area contributed by atoms with Gasteiger partial charge in [0.2, 0.25) is 0 Å². The third-order valence-electron chi connectivity index (χ3n) is 4.02. The molecule has 0 spiro atoms. The maximum atomic E-state index is 10.5. The van der Waals surface area contributed by atoms with Gasteiger partial charge in [-0.05, 0) is 55.0 Å². The van der Waals surface area contributed by atoms with E-state index in [2.05, 4.69) is 22.0 Å². The van der Waals surface area contributed by atoms with Crippen LogP contribution < -0.4 is 0 Å². The predicted octanol–water partition coefficient (Wildman–Crippen LogP) is 5.71. The van der Waals surface area contributed by atoms with Crippen LogP contribution in [0.25, 0.3) is 0 Å². The first kappa shape index (κ1) is 15.5. The van der Waals surface area contributed by atoms with Crippen molar-refractivity contribution in [1.82, 2.24) is 0 Å². The number of aliphatic hydroxyl groups is 1. The van der Waals surface area contributed by atoms with Crippen LogP contribution in [-0.4, -0.2) is 5.11 Å². The third-order valence-corrected chi connectivity index (χ3v) is 6.21. The molecule has 0 fully saturated rings. The van der Waals surface area contributed by atoms with Gasteiger partial charge in [0.05, 0.1) is 6.10 Å². The summed E-state index contributed by atoms with van der Waals surface area (Å²) >= 11 is 11.4. The van der Waals surface area contributed by atoms with Crippen molar-refractivity contribution < 1.29 is 5.11 Å². The van der Waals surface area contributed by atoms with E-state index >= 15 is 0 Å². The molecule has 0 saturated carbocycles. The lowest BCUT2D eigenvalue weighted by molar-refractivity contribution is 0.182. The zero-order valence-electron chi connectivity index (χ0n) is 11.7. The number of halogens is 2. The van der Waals surface area contributed by atoms with E-state index in [0.29, 0.717) is 11.4 Å². The SMILES string of the molecule is OC(Cc1ccc(Br)cc1Cl)c1cc2c(s1)CCCCC2. The monoisotopic (exact) mass is 384 g/mol. The number of benzene rings is 1. The molecule has 3 rings (SSSR count). The van der Waals surface area contributed by atoms with Crippen molar-refractivity contribution in [2.75, 3.05) is 0 Å². The van der Waals surface area contributed by atoms with Crippen molar-refractivity contribution in [3.8, 4) is 0 Å². The highest BCUT2D eigenvalue weighted by atomic mass is 79.9. The zero-order chi connectivity index (χ0) is 14.8. The van der Waals surface area contributed by atoms with E-state index < -0.39 is 6.10 Å². The standard InChI is InChI=1S/C17H18BrClOS/c18-13-7-6-11(14(19)10-13)8-15(20)17-9-12-4-2-1-3-5-16(12)21-17/h6-7,9-10,15,20H,1-5,8H2. The molecule has 0 aliphatic heterocycles. The summed E-state index contributed by atoms with van der Waals surface area (Å²) in [6.45, 7) is 0. The van der Waals surface area contributed by atoms with Crippen molar-refractivity contribution >= 4 is 38.9 Å². The molecule has 0 bridgehead atoms. The summed E-state index contributed by atoms with van der Waals surface area (Å²) in [5.74, 6) is 0. The topological polar surface area (TPSA) is 20.2 Å². The van der Waals surface area contributed by atoms with Crippen LogP contribution in [0, 0.1) is 0 Å².